The number of piperidine rings is 1. The van der Waals surface area contributed by atoms with E-state index in [1.54, 1.807) is 29.2 Å². The molecule has 102 valence electrons. The molecule has 2 rings (SSSR count). The summed E-state index contributed by atoms with van der Waals surface area (Å²) >= 11 is 6.12. The maximum atomic E-state index is 12.4. The standard InChI is InChI=1S/C14H16ClNO3/c15-11-6-7-16(9-13(17)18)12(8-11)14(19)10-4-2-1-3-5-10/h1-5,11-12H,6-9H2,(H,17,18). The lowest BCUT2D eigenvalue weighted by atomic mass is 9.94. The van der Waals surface area contributed by atoms with E-state index >= 15 is 0 Å². The Bertz CT molecular complexity index is 463. The van der Waals surface area contributed by atoms with Crippen LogP contribution in [-0.4, -0.2) is 46.3 Å². The van der Waals surface area contributed by atoms with Crippen LogP contribution in [0, 0.1) is 0 Å². The fraction of sp³-hybridized carbons (Fsp3) is 0.429. The average Bonchev–Trinajstić information content (AvgIpc) is 2.40. The van der Waals surface area contributed by atoms with E-state index in [1.165, 1.54) is 0 Å². The predicted octanol–water partition coefficient (Wildman–Crippen LogP) is 2.03. The molecule has 1 heterocycles. The minimum Gasteiger partial charge on any atom is -0.480 e. The van der Waals surface area contributed by atoms with Gasteiger partial charge in [-0.1, -0.05) is 30.3 Å². The number of carbonyl (C=O) groups is 2. The Morgan fingerprint density at radius 3 is 2.63 bits per heavy atom. The number of alkyl halides is 1. The second-order valence-corrected chi connectivity index (χ2v) is 5.35. The van der Waals surface area contributed by atoms with E-state index in [1.807, 2.05) is 6.07 Å². The lowest BCUT2D eigenvalue weighted by Gasteiger charge is -2.35. The molecular formula is C14H16ClNO3. The lowest BCUT2D eigenvalue weighted by molar-refractivity contribution is -0.138. The number of hydrogen-bond acceptors (Lipinski definition) is 3. The highest BCUT2D eigenvalue weighted by atomic mass is 35.5. The van der Waals surface area contributed by atoms with Crippen LogP contribution in [0.4, 0.5) is 0 Å². The fourth-order valence-electron chi connectivity index (χ4n) is 2.40. The molecule has 2 atom stereocenters. The van der Waals surface area contributed by atoms with E-state index in [2.05, 4.69) is 0 Å². The average molecular weight is 282 g/mol. The van der Waals surface area contributed by atoms with E-state index in [0.29, 0.717) is 24.9 Å². The van der Waals surface area contributed by atoms with Crippen LogP contribution >= 0.6 is 11.6 Å². The van der Waals surface area contributed by atoms with E-state index < -0.39 is 12.0 Å². The Balaban J connectivity index is 2.17. The molecule has 2 unspecified atom stereocenters. The number of Topliss-reactive ketones (excluding diaryl/α,β-unsaturated/α-hetero) is 1. The number of aliphatic carboxylic acids is 1. The van der Waals surface area contributed by atoms with Crippen molar-refractivity contribution in [2.24, 2.45) is 0 Å². The van der Waals surface area contributed by atoms with Crippen molar-refractivity contribution >= 4 is 23.4 Å². The Hall–Kier alpha value is -1.39. The highest BCUT2D eigenvalue weighted by molar-refractivity contribution is 6.21. The number of halogens is 1. The molecule has 1 aliphatic rings. The quantitative estimate of drug-likeness (QED) is 0.678. The monoisotopic (exact) mass is 281 g/mol. The van der Waals surface area contributed by atoms with Gasteiger partial charge in [-0.05, 0) is 12.8 Å². The van der Waals surface area contributed by atoms with Gasteiger partial charge in [-0.25, -0.2) is 0 Å². The summed E-state index contributed by atoms with van der Waals surface area (Å²) in [6.45, 7) is 0.427. The van der Waals surface area contributed by atoms with E-state index in [0.717, 1.165) is 0 Å². The van der Waals surface area contributed by atoms with Crippen molar-refractivity contribution in [3.8, 4) is 0 Å². The summed E-state index contributed by atoms with van der Waals surface area (Å²) in [6.07, 6.45) is 1.22. The maximum absolute atomic E-state index is 12.4. The first-order chi connectivity index (χ1) is 9.08. The minimum atomic E-state index is -0.918. The third-order valence-corrected chi connectivity index (χ3v) is 3.75. The van der Waals surface area contributed by atoms with Crippen LogP contribution in [-0.2, 0) is 4.79 Å². The summed E-state index contributed by atoms with van der Waals surface area (Å²) in [4.78, 5) is 25.0. The third-order valence-electron chi connectivity index (χ3n) is 3.35. The normalized spacial score (nSPS) is 24.1. The van der Waals surface area contributed by atoms with Gasteiger partial charge in [0.1, 0.15) is 0 Å². The van der Waals surface area contributed by atoms with Crippen molar-refractivity contribution in [3.63, 3.8) is 0 Å². The molecule has 0 spiro atoms. The zero-order chi connectivity index (χ0) is 13.8. The molecule has 0 bridgehead atoms. The van der Waals surface area contributed by atoms with Gasteiger partial charge in [0.25, 0.3) is 0 Å². The molecule has 1 aliphatic heterocycles. The zero-order valence-electron chi connectivity index (χ0n) is 10.5. The van der Waals surface area contributed by atoms with Gasteiger partial charge in [0.2, 0.25) is 0 Å². The molecule has 0 aliphatic carbocycles. The number of likely N-dealkylation sites (tertiary alicyclic amines) is 1. The van der Waals surface area contributed by atoms with Crippen LogP contribution in [0.3, 0.4) is 0 Å². The van der Waals surface area contributed by atoms with Crippen LogP contribution in [0.25, 0.3) is 0 Å². The first-order valence-corrected chi connectivity index (χ1v) is 6.70. The molecule has 0 amide bonds. The molecule has 4 nitrogen and oxygen atoms in total. The number of ketones is 1. The van der Waals surface area contributed by atoms with Gasteiger partial charge in [0.05, 0.1) is 12.6 Å². The van der Waals surface area contributed by atoms with Crippen molar-refractivity contribution in [3.05, 3.63) is 35.9 Å². The zero-order valence-corrected chi connectivity index (χ0v) is 11.2. The first kappa shape index (κ1) is 14.0. The van der Waals surface area contributed by atoms with E-state index in [9.17, 15) is 9.59 Å². The lowest BCUT2D eigenvalue weighted by Crippen LogP contribution is -2.49. The summed E-state index contributed by atoms with van der Waals surface area (Å²) in [5.41, 5.74) is 0.605. The number of nitrogens with zero attached hydrogens (tertiary/aromatic N) is 1. The second kappa shape index (κ2) is 6.17. The van der Waals surface area contributed by atoms with Gasteiger partial charge in [-0.15, -0.1) is 11.6 Å². The number of carboxylic acid groups (broad SMARTS) is 1. The summed E-state index contributed by atoms with van der Waals surface area (Å²) in [5, 5.41) is 8.85. The van der Waals surface area contributed by atoms with Gasteiger partial charge < -0.3 is 5.11 Å². The van der Waals surface area contributed by atoms with Crippen molar-refractivity contribution in [2.75, 3.05) is 13.1 Å². The first-order valence-electron chi connectivity index (χ1n) is 6.27. The molecule has 1 aromatic carbocycles. The van der Waals surface area contributed by atoms with Crippen LogP contribution < -0.4 is 0 Å². The molecule has 1 aromatic rings. The molecule has 0 radical (unpaired) electrons. The number of carboxylic acids is 1. The maximum Gasteiger partial charge on any atom is 0.317 e. The van der Waals surface area contributed by atoms with Gasteiger partial charge in [0, 0.05) is 17.5 Å². The molecule has 0 aromatic heterocycles. The fourth-order valence-corrected chi connectivity index (χ4v) is 2.67. The van der Waals surface area contributed by atoms with Crippen molar-refractivity contribution in [2.45, 2.75) is 24.3 Å². The number of hydrogen-bond donors (Lipinski definition) is 1. The Kier molecular flexibility index (Phi) is 4.56. The van der Waals surface area contributed by atoms with E-state index in [-0.39, 0.29) is 17.7 Å². The number of rotatable bonds is 4. The van der Waals surface area contributed by atoms with Crippen LogP contribution in [0.2, 0.25) is 0 Å². The smallest absolute Gasteiger partial charge is 0.317 e. The summed E-state index contributed by atoms with van der Waals surface area (Å²) in [5.74, 6) is -0.967. The predicted molar refractivity (Wildman–Crippen MR) is 72.6 cm³/mol. The Morgan fingerprint density at radius 2 is 2.00 bits per heavy atom. The third kappa shape index (κ3) is 3.55. The number of carbonyl (C=O) groups excluding carboxylic acids is 1. The van der Waals surface area contributed by atoms with Gasteiger partial charge >= 0.3 is 5.97 Å². The van der Waals surface area contributed by atoms with Gasteiger partial charge in [-0.3, -0.25) is 14.5 Å². The summed E-state index contributed by atoms with van der Waals surface area (Å²) in [7, 11) is 0. The highest BCUT2D eigenvalue weighted by Gasteiger charge is 2.33. The Labute approximate surface area is 117 Å². The summed E-state index contributed by atoms with van der Waals surface area (Å²) < 4.78 is 0. The largest absolute Gasteiger partial charge is 0.480 e. The molecule has 1 fully saturated rings. The van der Waals surface area contributed by atoms with Crippen LogP contribution in [0.5, 0.6) is 0 Å². The number of benzene rings is 1. The SMILES string of the molecule is O=C(O)CN1CCC(Cl)CC1C(=O)c1ccccc1. The molecular weight excluding hydrogens is 266 g/mol. The highest BCUT2D eigenvalue weighted by Crippen LogP contribution is 2.24. The molecule has 1 saturated heterocycles. The Morgan fingerprint density at radius 1 is 1.32 bits per heavy atom. The minimum absolute atomic E-state index is 0.0489. The van der Waals surface area contributed by atoms with Crippen LogP contribution in [0.15, 0.2) is 30.3 Å². The van der Waals surface area contributed by atoms with E-state index in [4.69, 9.17) is 16.7 Å². The molecule has 0 saturated carbocycles. The summed E-state index contributed by atoms with van der Waals surface area (Å²) in [6, 6.07) is 8.51. The van der Waals surface area contributed by atoms with Gasteiger partial charge in [0.15, 0.2) is 5.78 Å². The molecule has 5 heteroatoms. The second-order valence-electron chi connectivity index (χ2n) is 4.73. The molecule has 19 heavy (non-hydrogen) atoms. The van der Waals surface area contributed by atoms with Crippen LogP contribution in [0.1, 0.15) is 23.2 Å². The van der Waals surface area contributed by atoms with Crippen molar-refractivity contribution < 1.29 is 14.7 Å². The van der Waals surface area contributed by atoms with Crippen molar-refractivity contribution in [1.29, 1.82) is 0 Å². The van der Waals surface area contributed by atoms with Crippen molar-refractivity contribution in [1.82, 2.24) is 4.90 Å². The molecule has 1 N–H and O–H groups in total. The topological polar surface area (TPSA) is 57.6 Å². The van der Waals surface area contributed by atoms with Gasteiger partial charge in [-0.2, -0.15) is 0 Å².